The Morgan fingerprint density at radius 2 is 2.10 bits per heavy atom. The van der Waals surface area contributed by atoms with Crippen LogP contribution in [0.5, 0.6) is 5.75 Å². The van der Waals surface area contributed by atoms with Gasteiger partial charge in [-0.1, -0.05) is 0 Å². The second-order valence-corrected chi connectivity index (χ2v) is 5.69. The normalized spacial score (nSPS) is 11.4. The van der Waals surface area contributed by atoms with E-state index in [0.29, 0.717) is 5.69 Å². The zero-order valence-electron chi connectivity index (χ0n) is 10.2. The van der Waals surface area contributed by atoms with E-state index in [1.165, 1.54) is 30.5 Å². The number of nitrogens with one attached hydrogen (secondary N) is 1. The van der Waals surface area contributed by atoms with Crippen LogP contribution in [-0.2, 0) is 16.6 Å². The molecular weight excluding hydrogens is 285 g/mol. The van der Waals surface area contributed by atoms with Crippen LogP contribution < -0.4 is 10.5 Å². The van der Waals surface area contributed by atoms with E-state index in [1.54, 1.807) is 0 Å². The Balaban J connectivity index is 2.22. The third-order valence-corrected chi connectivity index (χ3v) is 3.87. The molecule has 8 heteroatoms. The molecule has 0 atom stereocenters. The molecule has 0 unspecified atom stereocenters. The summed E-state index contributed by atoms with van der Waals surface area (Å²) in [5.74, 6) is -1.06. The first-order valence-corrected chi connectivity index (χ1v) is 7.06. The van der Waals surface area contributed by atoms with E-state index in [-0.39, 0.29) is 17.9 Å². The number of nitrogens with two attached hydrogens (primary N) is 1. The molecule has 0 saturated heterocycles. The summed E-state index contributed by atoms with van der Waals surface area (Å²) in [5.41, 5.74) is 6.20. The quantitative estimate of drug-likeness (QED) is 0.576. The predicted octanol–water partition coefficient (Wildman–Crippen LogP) is 0.987. The van der Waals surface area contributed by atoms with Crippen molar-refractivity contribution in [3.63, 3.8) is 0 Å². The Hall–Kier alpha value is -2.19. The first kappa shape index (κ1) is 14.2. The van der Waals surface area contributed by atoms with E-state index >= 15 is 0 Å². The van der Waals surface area contributed by atoms with E-state index in [4.69, 9.17) is 5.73 Å². The van der Waals surface area contributed by atoms with Gasteiger partial charge in [0, 0.05) is 24.0 Å². The summed E-state index contributed by atoms with van der Waals surface area (Å²) < 4.78 is 39.4. The van der Waals surface area contributed by atoms with Crippen LogP contribution in [0, 0.1) is 5.82 Å². The minimum Gasteiger partial charge on any atom is -0.508 e. The molecule has 1 heterocycles. The number of nitrogen functional groups attached to an aromatic ring is 1. The van der Waals surface area contributed by atoms with Gasteiger partial charge < -0.3 is 10.8 Å². The molecule has 1 aromatic carbocycles. The molecule has 0 saturated carbocycles. The number of benzene rings is 1. The van der Waals surface area contributed by atoms with Crippen molar-refractivity contribution in [2.24, 2.45) is 0 Å². The number of anilines is 1. The lowest BCUT2D eigenvalue weighted by atomic mass is 10.2. The first-order valence-electron chi connectivity index (χ1n) is 5.58. The lowest BCUT2D eigenvalue weighted by Crippen LogP contribution is -2.25. The fourth-order valence-electron chi connectivity index (χ4n) is 1.56. The molecule has 0 radical (unpaired) electrons. The Labute approximate surface area is 115 Å². The van der Waals surface area contributed by atoms with Gasteiger partial charge in [0.15, 0.2) is 5.82 Å². The summed E-state index contributed by atoms with van der Waals surface area (Å²) in [7, 11) is -4.11. The molecule has 0 amide bonds. The molecule has 0 spiro atoms. The average molecular weight is 297 g/mol. The number of halogens is 1. The number of hydrogen-bond acceptors (Lipinski definition) is 5. The van der Waals surface area contributed by atoms with Gasteiger partial charge in [0.1, 0.15) is 5.75 Å². The Morgan fingerprint density at radius 3 is 2.80 bits per heavy atom. The number of pyridine rings is 1. The van der Waals surface area contributed by atoms with E-state index in [1.807, 2.05) is 0 Å². The summed E-state index contributed by atoms with van der Waals surface area (Å²) >= 11 is 0. The van der Waals surface area contributed by atoms with Crippen LogP contribution in [0.25, 0.3) is 0 Å². The maximum absolute atomic E-state index is 13.4. The Morgan fingerprint density at radius 1 is 1.35 bits per heavy atom. The van der Waals surface area contributed by atoms with Crippen LogP contribution >= 0.6 is 0 Å². The van der Waals surface area contributed by atoms with Crippen molar-refractivity contribution in [1.82, 2.24) is 9.71 Å². The van der Waals surface area contributed by atoms with Crippen molar-refractivity contribution in [1.29, 1.82) is 0 Å². The number of nitrogens with zero attached hydrogens (tertiary/aromatic N) is 1. The minimum atomic E-state index is -4.11. The van der Waals surface area contributed by atoms with Crippen LogP contribution in [0.1, 0.15) is 5.56 Å². The summed E-state index contributed by atoms with van der Waals surface area (Å²) in [4.78, 5) is 3.49. The second-order valence-electron chi connectivity index (χ2n) is 4.00. The minimum absolute atomic E-state index is 0.108. The molecule has 20 heavy (non-hydrogen) atoms. The molecule has 4 N–H and O–H groups in total. The van der Waals surface area contributed by atoms with Crippen LogP contribution in [0.4, 0.5) is 10.1 Å². The molecule has 0 aliphatic carbocycles. The third-order valence-electron chi connectivity index (χ3n) is 2.54. The highest BCUT2D eigenvalue weighted by Gasteiger charge is 2.20. The van der Waals surface area contributed by atoms with Crippen molar-refractivity contribution in [2.75, 3.05) is 5.73 Å². The van der Waals surface area contributed by atoms with E-state index in [2.05, 4.69) is 9.71 Å². The number of hydrogen-bond donors (Lipinski definition) is 3. The number of sulfonamides is 1. The lowest BCUT2D eigenvalue weighted by molar-refractivity contribution is 0.467. The molecule has 2 aromatic rings. The highest BCUT2D eigenvalue weighted by Crippen LogP contribution is 2.20. The number of rotatable bonds is 4. The third kappa shape index (κ3) is 3.03. The second kappa shape index (κ2) is 5.43. The van der Waals surface area contributed by atoms with Gasteiger partial charge in [0.25, 0.3) is 10.0 Å². The molecular formula is C12H12FN3O3S. The van der Waals surface area contributed by atoms with Gasteiger partial charge in [-0.15, -0.1) is 0 Å². The van der Waals surface area contributed by atoms with Gasteiger partial charge in [-0.05, 0) is 30.3 Å². The van der Waals surface area contributed by atoms with Crippen molar-refractivity contribution >= 4 is 15.7 Å². The van der Waals surface area contributed by atoms with Crippen molar-refractivity contribution in [2.45, 2.75) is 11.6 Å². The predicted molar refractivity (Wildman–Crippen MR) is 70.7 cm³/mol. The van der Waals surface area contributed by atoms with E-state index in [9.17, 15) is 17.9 Å². The van der Waals surface area contributed by atoms with Crippen molar-refractivity contribution in [3.8, 4) is 5.75 Å². The van der Waals surface area contributed by atoms with Crippen molar-refractivity contribution in [3.05, 3.63) is 47.9 Å². The number of phenolic OH excluding ortho intramolecular Hbond substituents is 1. The average Bonchev–Trinajstić information content (AvgIpc) is 2.40. The first-order chi connectivity index (χ1) is 9.40. The zero-order valence-corrected chi connectivity index (χ0v) is 11.1. The van der Waals surface area contributed by atoms with Crippen molar-refractivity contribution < 1.29 is 17.9 Å². The van der Waals surface area contributed by atoms with E-state index < -0.39 is 20.9 Å². The van der Waals surface area contributed by atoms with Crippen LogP contribution in [-0.4, -0.2) is 18.5 Å². The monoisotopic (exact) mass is 297 g/mol. The summed E-state index contributed by atoms with van der Waals surface area (Å²) in [6.45, 7) is -0.227. The molecule has 2 rings (SSSR count). The van der Waals surface area contributed by atoms with Crippen LogP contribution in [0.2, 0.25) is 0 Å². The standard InChI is InChI=1S/C12H12FN3O3S/c13-10-2-1-5-15-12(10)20(18,19)16-7-8-6-9(14)3-4-11(8)17/h1-6,16-17H,7,14H2. The molecule has 6 nitrogen and oxygen atoms in total. The van der Waals surface area contributed by atoms with Gasteiger partial charge in [-0.3, -0.25) is 0 Å². The highest BCUT2D eigenvalue weighted by atomic mass is 32.2. The fraction of sp³-hybridized carbons (Fsp3) is 0.0833. The Bertz CT molecular complexity index is 734. The molecule has 106 valence electrons. The Kier molecular flexibility index (Phi) is 3.86. The zero-order chi connectivity index (χ0) is 14.8. The van der Waals surface area contributed by atoms with Gasteiger partial charge in [0.2, 0.25) is 5.03 Å². The molecule has 0 aliphatic heterocycles. The molecule has 0 fully saturated rings. The highest BCUT2D eigenvalue weighted by molar-refractivity contribution is 7.89. The molecule has 0 bridgehead atoms. The van der Waals surface area contributed by atoms with Crippen LogP contribution in [0.3, 0.4) is 0 Å². The number of phenols is 1. The topological polar surface area (TPSA) is 105 Å². The molecule has 0 aliphatic rings. The maximum atomic E-state index is 13.4. The summed E-state index contributed by atoms with van der Waals surface area (Å²) in [5, 5.41) is 8.89. The van der Waals surface area contributed by atoms with Gasteiger partial charge in [0.05, 0.1) is 0 Å². The number of aromatic hydroxyl groups is 1. The molecule has 1 aromatic heterocycles. The lowest BCUT2D eigenvalue weighted by Gasteiger charge is -2.08. The summed E-state index contributed by atoms with van der Waals surface area (Å²) in [6, 6.07) is 6.54. The van der Waals surface area contributed by atoms with E-state index in [0.717, 1.165) is 6.07 Å². The maximum Gasteiger partial charge on any atom is 0.261 e. The van der Waals surface area contributed by atoms with Gasteiger partial charge in [-0.2, -0.15) is 0 Å². The van der Waals surface area contributed by atoms with Crippen LogP contribution in [0.15, 0.2) is 41.6 Å². The summed E-state index contributed by atoms with van der Waals surface area (Å²) in [6.07, 6.45) is 1.18. The van der Waals surface area contributed by atoms with Gasteiger partial charge in [-0.25, -0.2) is 22.5 Å². The SMILES string of the molecule is Nc1ccc(O)c(CNS(=O)(=O)c2ncccc2F)c1. The van der Waals surface area contributed by atoms with Gasteiger partial charge >= 0.3 is 0 Å². The smallest absolute Gasteiger partial charge is 0.261 e. The fourth-order valence-corrected chi connectivity index (χ4v) is 2.56. The number of aromatic nitrogens is 1. The largest absolute Gasteiger partial charge is 0.508 e.